The van der Waals surface area contributed by atoms with Gasteiger partial charge in [-0.2, -0.15) is 13.2 Å². The summed E-state index contributed by atoms with van der Waals surface area (Å²) in [7, 11) is 0. The standard InChI is InChI=1S/C9H7F3N2O4S/c10-9(11,12)8(17)18-7(16)3-1-2-19-6-4(13)5(15)14(3)6/h1,4,6H,2,13H2. The third kappa shape index (κ3) is 2.32. The smallest absolute Gasteiger partial charge is 0.382 e. The highest BCUT2D eigenvalue weighted by Crippen LogP contribution is 2.36. The Balaban J connectivity index is 2.10. The molecule has 1 fully saturated rings. The van der Waals surface area contributed by atoms with Crippen molar-refractivity contribution in [3.05, 3.63) is 11.8 Å². The highest BCUT2D eigenvalue weighted by molar-refractivity contribution is 8.00. The van der Waals surface area contributed by atoms with Crippen LogP contribution in [0.4, 0.5) is 13.2 Å². The molecule has 1 saturated heterocycles. The van der Waals surface area contributed by atoms with Gasteiger partial charge in [-0.25, -0.2) is 9.59 Å². The zero-order chi connectivity index (χ0) is 14.4. The van der Waals surface area contributed by atoms with E-state index in [1.54, 1.807) is 0 Å². The minimum Gasteiger partial charge on any atom is -0.382 e. The van der Waals surface area contributed by atoms with Gasteiger partial charge in [0.05, 0.1) is 0 Å². The molecule has 6 nitrogen and oxygen atoms in total. The van der Waals surface area contributed by atoms with Gasteiger partial charge in [0.1, 0.15) is 17.1 Å². The van der Waals surface area contributed by atoms with Gasteiger partial charge in [0.25, 0.3) is 0 Å². The van der Waals surface area contributed by atoms with Crippen LogP contribution < -0.4 is 5.73 Å². The van der Waals surface area contributed by atoms with Crippen molar-refractivity contribution in [2.45, 2.75) is 17.6 Å². The number of alkyl halides is 3. The van der Waals surface area contributed by atoms with Gasteiger partial charge in [0, 0.05) is 5.75 Å². The fourth-order valence-corrected chi connectivity index (χ4v) is 2.76. The number of fused-ring (bicyclic) bond motifs is 1. The van der Waals surface area contributed by atoms with Crippen LogP contribution in [-0.4, -0.2) is 46.1 Å². The average Bonchev–Trinajstić information content (AvgIpc) is 2.35. The number of thioether (sulfide) groups is 1. The average molecular weight is 296 g/mol. The second kappa shape index (κ2) is 4.53. The molecule has 104 valence electrons. The topological polar surface area (TPSA) is 89.7 Å². The Morgan fingerprint density at radius 1 is 1.47 bits per heavy atom. The number of β-lactam (4-membered cyclic amide) rings is 1. The second-order valence-corrected chi connectivity index (χ2v) is 4.87. The number of amides is 1. The van der Waals surface area contributed by atoms with E-state index in [1.807, 2.05) is 0 Å². The Morgan fingerprint density at radius 3 is 2.68 bits per heavy atom. The summed E-state index contributed by atoms with van der Waals surface area (Å²) in [6, 6.07) is -0.806. The van der Waals surface area contributed by atoms with Crippen LogP contribution in [0.5, 0.6) is 0 Å². The predicted molar refractivity (Wildman–Crippen MR) is 56.3 cm³/mol. The van der Waals surface area contributed by atoms with E-state index in [1.165, 1.54) is 17.8 Å². The largest absolute Gasteiger partial charge is 0.491 e. The van der Waals surface area contributed by atoms with E-state index in [0.29, 0.717) is 0 Å². The maximum Gasteiger partial charge on any atom is 0.491 e. The molecule has 10 heteroatoms. The number of halogens is 3. The molecule has 2 aliphatic rings. The number of rotatable bonds is 1. The Bertz CT molecular complexity index is 490. The van der Waals surface area contributed by atoms with Crippen LogP contribution in [0, 0.1) is 0 Å². The molecule has 0 saturated carbocycles. The SMILES string of the molecule is NC1C(=O)N2C(C(=O)OC(=O)C(F)(F)F)=CCSC12. The van der Waals surface area contributed by atoms with E-state index < -0.39 is 35.4 Å². The molecule has 0 aromatic carbocycles. The van der Waals surface area contributed by atoms with E-state index in [0.717, 1.165) is 4.90 Å². The van der Waals surface area contributed by atoms with Crippen molar-refractivity contribution >= 4 is 29.6 Å². The Hall–Kier alpha value is -1.55. The number of ether oxygens (including phenoxy) is 1. The van der Waals surface area contributed by atoms with E-state index in [9.17, 15) is 27.6 Å². The van der Waals surface area contributed by atoms with Crippen LogP contribution in [0.15, 0.2) is 11.8 Å². The molecule has 0 radical (unpaired) electrons. The normalized spacial score (nSPS) is 26.2. The van der Waals surface area contributed by atoms with Crippen molar-refractivity contribution in [3.63, 3.8) is 0 Å². The highest BCUT2D eigenvalue weighted by atomic mass is 32.2. The first kappa shape index (κ1) is 13.9. The van der Waals surface area contributed by atoms with Crippen molar-refractivity contribution < 1.29 is 32.3 Å². The zero-order valence-electron chi connectivity index (χ0n) is 9.14. The minimum atomic E-state index is -5.27. The molecule has 1 amide bonds. The molecule has 0 aromatic rings. The van der Waals surface area contributed by atoms with Crippen molar-refractivity contribution in [2.24, 2.45) is 5.73 Å². The summed E-state index contributed by atoms with van der Waals surface area (Å²) >= 11 is 1.26. The van der Waals surface area contributed by atoms with Gasteiger partial charge in [-0.3, -0.25) is 9.69 Å². The van der Waals surface area contributed by atoms with E-state index in [-0.39, 0.29) is 11.4 Å². The van der Waals surface area contributed by atoms with Crippen LogP contribution in [-0.2, 0) is 19.1 Å². The van der Waals surface area contributed by atoms with Crippen LogP contribution in [0.25, 0.3) is 0 Å². The Labute approximate surface area is 108 Å². The summed E-state index contributed by atoms with van der Waals surface area (Å²) in [6.45, 7) is 0. The van der Waals surface area contributed by atoms with Crippen LogP contribution in [0.2, 0.25) is 0 Å². The fourth-order valence-electron chi connectivity index (χ4n) is 1.62. The highest BCUT2D eigenvalue weighted by Gasteiger charge is 2.51. The van der Waals surface area contributed by atoms with Crippen LogP contribution >= 0.6 is 11.8 Å². The van der Waals surface area contributed by atoms with Gasteiger partial charge < -0.3 is 10.5 Å². The van der Waals surface area contributed by atoms with Gasteiger partial charge >= 0.3 is 18.1 Å². The Morgan fingerprint density at radius 2 is 2.11 bits per heavy atom. The number of nitrogens with zero attached hydrogens (tertiary/aromatic N) is 1. The molecule has 2 heterocycles. The van der Waals surface area contributed by atoms with Crippen molar-refractivity contribution in [1.82, 2.24) is 4.90 Å². The third-order valence-electron chi connectivity index (χ3n) is 2.51. The van der Waals surface area contributed by atoms with E-state index >= 15 is 0 Å². The monoisotopic (exact) mass is 296 g/mol. The number of nitrogens with two attached hydrogens (primary N) is 1. The molecule has 2 atom stereocenters. The lowest BCUT2D eigenvalue weighted by Crippen LogP contribution is -2.68. The van der Waals surface area contributed by atoms with Gasteiger partial charge in [-0.1, -0.05) is 0 Å². The number of hydrogen-bond acceptors (Lipinski definition) is 6. The molecule has 2 N–H and O–H groups in total. The summed E-state index contributed by atoms with van der Waals surface area (Å²) in [4.78, 5) is 34.3. The van der Waals surface area contributed by atoms with E-state index in [4.69, 9.17) is 5.73 Å². The van der Waals surface area contributed by atoms with Gasteiger partial charge in [-0.05, 0) is 6.08 Å². The molecule has 19 heavy (non-hydrogen) atoms. The Kier molecular flexibility index (Phi) is 3.31. The van der Waals surface area contributed by atoms with Crippen molar-refractivity contribution in [1.29, 1.82) is 0 Å². The lowest BCUT2D eigenvalue weighted by atomic mass is 10.1. The molecule has 0 spiro atoms. The maximum absolute atomic E-state index is 12.0. The molecule has 2 aliphatic heterocycles. The number of carbonyl (C=O) groups excluding carboxylic acids is 3. The second-order valence-electron chi connectivity index (χ2n) is 3.72. The molecular formula is C9H7F3N2O4S. The van der Waals surface area contributed by atoms with E-state index in [2.05, 4.69) is 4.74 Å². The summed E-state index contributed by atoms with van der Waals surface area (Å²) in [5.74, 6) is -4.44. The van der Waals surface area contributed by atoms with Crippen LogP contribution in [0.3, 0.4) is 0 Å². The maximum atomic E-state index is 12.0. The number of esters is 2. The lowest BCUT2D eigenvalue weighted by molar-refractivity contribution is -0.201. The summed E-state index contributed by atoms with van der Waals surface area (Å²) < 4.78 is 39.5. The first-order chi connectivity index (χ1) is 8.73. The lowest BCUT2D eigenvalue weighted by Gasteiger charge is -2.46. The van der Waals surface area contributed by atoms with Gasteiger partial charge in [0.15, 0.2) is 0 Å². The molecule has 2 unspecified atom stereocenters. The summed E-state index contributed by atoms with van der Waals surface area (Å²) in [6.07, 6.45) is -4.05. The third-order valence-corrected chi connectivity index (χ3v) is 3.72. The predicted octanol–water partition coefficient (Wildman–Crippen LogP) is -0.255. The van der Waals surface area contributed by atoms with Gasteiger partial charge in [0.2, 0.25) is 5.91 Å². The number of hydrogen-bond donors (Lipinski definition) is 1. The van der Waals surface area contributed by atoms with Gasteiger partial charge in [-0.15, -0.1) is 11.8 Å². The first-order valence-electron chi connectivity index (χ1n) is 4.97. The minimum absolute atomic E-state index is 0.285. The van der Waals surface area contributed by atoms with Crippen molar-refractivity contribution in [3.8, 4) is 0 Å². The molecule has 0 aromatic heterocycles. The summed E-state index contributed by atoms with van der Waals surface area (Å²) in [5, 5.41) is -0.513. The molecule has 0 bridgehead atoms. The quantitative estimate of drug-likeness (QED) is 0.407. The molecule has 2 rings (SSSR count). The molecule has 0 aliphatic carbocycles. The van der Waals surface area contributed by atoms with Crippen molar-refractivity contribution in [2.75, 3.05) is 5.75 Å². The molecular weight excluding hydrogens is 289 g/mol. The number of carbonyl (C=O) groups is 3. The van der Waals surface area contributed by atoms with Crippen LogP contribution in [0.1, 0.15) is 0 Å². The zero-order valence-corrected chi connectivity index (χ0v) is 9.96. The fraction of sp³-hybridized carbons (Fsp3) is 0.444. The summed E-state index contributed by atoms with van der Waals surface area (Å²) in [5.41, 5.74) is 5.09. The first-order valence-corrected chi connectivity index (χ1v) is 6.02.